The molecule has 0 aliphatic rings. The summed E-state index contributed by atoms with van der Waals surface area (Å²) in [6.45, 7) is 1.68. The smallest absolute Gasteiger partial charge is 0.339 e. The van der Waals surface area contributed by atoms with Crippen molar-refractivity contribution in [2.45, 2.75) is 13.0 Å². The molecule has 0 saturated carbocycles. The number of fused-ring (bicyclic) bond motifs is 1. The lowest BCUT2D eigenvalue weighted by Gasteiger charge is -2.14. The number of ether oxygens (including phenoxy) is 1. The number of rotatable bonds is 3. The number of carbonyl (C=O) groups is 1. The topological polar surface area (TPSA) is 76.7 Å². The van der Waals surface area contributed by atoms with Gasteiger partial charge in [-0.15, -0.1) is 0 Å². The molecule has 118 valence electrons. The Bertz CT molecular complexity index is 877. The molecule has 0 aliphatic heterocycles. The van der Waals surface area contributed by atoms with Crippen LogP contribution >= 0.6 is 11.6 Å². The van der Waals surface area contributed by atoms with Gasteiger partial charge in [-0.05, 0) is 12.5 Å². The maximum atomic E-state index is 11.6. The molecule has 3 rings (SSSR count). The minimum absolute atomic E-state index is 0.132. The van der Waals surface area contributed by atoms with Crippen LogP contribution in [0, 0.1) is 6.92 Å². The number of hydrogen-bond acceptors (Lipinski definition) is 5. The molecule has 7 heteroatoms. The molecule has 0 fully saturated rings. The number of methoxy groups -OCH3 is 1. The first kappa shape index (κ1) is 15.5. The Morgan fingerprint density at radius 3 is 2.70 bits per heavy atom. The molecule has 0 spiro atoms. The molecule has 1 aromatic carbocycles. The molecule has 23 heavy (non-hydrogen) atoms. The van der Waals surface area contributed by atoms with E-state index in [1.807, 2.05) is 30.3 Å². The first-order valence-electron chi connectivity index (χ1n) is 6.89. The van der Waals surface area contributed by atoms with E-state index < -0.39 is 12.1 Å². The quantitative estimate of drug-likeness (QED) is 0.589. The van der Waals surface area contributed by atoms with E-state index in [0.29, 0.717) is 11.3 Å². The number of aryl methyl sites for hydroxylation is 1. The average Bonchev–Trinajstić information content (AvgIpc) is 2.98. The fraction of sp³-hybridized carbons (Fsp3) is 0.188. The highest BCUT2D eigenvalue weighted by molar-refractivity contribution is 6.30. The number of halogens is 1. The Balaban J connectivity index is 2.21. The summed E-state index contributed by atoms with van der Waals surface area (Å²) in [5.74, 6) is -0.799. The zero-order chi connectivity index (χ0) is 16.6. The van der Waals surface area contributed by atoms with Gasteiger partial charge >= 0.3 is 5.97 Å². The molecule has 2 heterocycles. The van der Waals surface area contributed by atoms with Crippen LogP contribution in [0.1, 0.15) is 17.4 Å². The third-order valence-electron chi connectivity index (χ3n) is 3.60. The van der Waals surface area contributed by atoms with Crippen LogP contribution in [-0.2, 0) is 9.53 Å². The highest BCUT2D eigenvalue weighted by Crippen LogP contribution is 2.31. The number of carbonyl (C=O) groups excluding carboxylic acids is 1. The first-order valence-corrected chi connectivity index (χ1v) is 7.27. The molecule has 0 radical (unpaired) electrons. The fourth-order valence-corrected chi connectivity index (χ4v) is 2.80. The third-order valence-corrected chi connectivity index (χ3v) is 3.96. The number of aliphatic hydroxyl groups excluding tert-OH is 1. The van der Waals surface area contributed by atoms with Crippen molar-refractivity contribution < 1.29 is 14.6 Å². The van der Waals surface area contributed by atoms with Gasteiger partial charge in [0, 0.05) is 11.3 Å². The molecule has 0 bridgehead atoms. The number of aliphatic hydroxyl groups is 1. The molecule has 1 unspecified atom stereocenters. The molecule has 0 aliphatic carbocycles. The average molecular weight is 332 g/mol. The van der Waals surface area contributed by atoms with Gasteiger partial charge in [0.25, 0.3) is 0 Å². The van der Waals surface area contributed by atoms with E-state index in [9.17, 15) is 9.90 Å². The van der Waals surface area contributed by atoms with Crippen molar-refractivity contribution in [1.82, 2.24) is 14.6 Å². The first-order chi connectivity index (χ1) is 11.0. The van der Waals surface area contributed by atoms with Crippen molar-refractivity contribution in [3.63, 3.8) is 0 Å². The monoisotopic (exact) mass is 331 g/mol. The van der Waals surface area contributed by atoms with Crippen LogP contribution in [0.4, 0.5) is 0 Å². The Kier molecular flexibility index (Phi) is 4.02. The van der Waals surface area contributed by atoms with E-state index >= 15 is 0 Å². The van der Waals surface area contributed by atoms with E-state index in [1.54, 1.807) is 13.1 Å². The van der Waals surface area contributed by atoms with E-state index in [2.05, 4.69) is 14.8 Å². The van der Waals surface area contributed by atoms with Crippen LogP contribution in [0.2, 0.25) is 5.15 Å². The van der Waals surface area contributed by atoms with Crippen molar-refractivity contribution in [3.05, 3.63) is 52.9 Å². The van der Waals surface area contributed by atoms with Crippen molar-refractivity contribution in [3.8, 4) is 11.1 Å². The molecular weight excluding hydrogens is 318 g/mol. The molecule has 3 aromatic rings. The maximum absolute atomic E-state index is 11.6. The Morgan fingerprint density at radius 2 is 2.04 bits per heavy atom. The summed E-state index contributed by atoms with van der Waals surface area (Å²) in [4.78, 5) is 16.0. The second-order valence-electron chi connectivity index (χ2n) is 4.99. The van der Waals surface area contributed by atoms with Crippen LogP contribution in [0.15, 0.2) is 36.5 Å². The SMILES string of the molecule is COC(=O)C(O)c1c(C)nc2c(-c3ccccc3)cnn2c1Cl. The van der Waals surface area contributed by atoms with Gasteiger partial charge in [0.1, 0.15) is 5.15 Å². The number of hydrogen-bond donors (Lipinski definition) is 1. The minimum atomic E-state index is -1.51. The Hall–Kier alpha value is -2.44. The third kappa shape index (κ3) is 2.56. The van der Waals surface area contributed by atoms with Gasteiger partial charge < -0.3 is 9.84 Å². The predicted molar refractivity (Wildman–Crippen MR) is 85.1 cm³/mol. The Morgan fingerprint density at radius 1 is 1.35 bits per heavy atom. The zero-order valence-electron chi connectivity index (χ0n) is 12.5. The summed E-state index contributed by atoms with van der Waals surface area (Å²) in [7, 11) is 1.20. The highest BCUT2D eigenvalue weighted by Gasteiger charge is 2.26. The molecular formula is C16H14ClN3O3. The molecule has 2 aromatic heterocycles. The second-order valence-corrected chi connectivity index (χ2v) is 5.35. The Labute approximate surface area is 137 Å². The van der Waals surface area contributed by atoms with Crippen molar-refractivity contribution in [2.75, 3.05) is 7.11 Å². The molecule has 6 nitrogen and oxygen atoms in total. The van der Waals surface area contributed by atoms with Crippen LogP contribution in [0.3, 0.4) is 0 Å². The highest BCUT2D eigenvalue weighted by atomic mass is 35.5. The van der Waals surface area contributed by atoms with E-state index in [-0.39, 0.29) is 10.7 Å². The van der Waals surface area contributed by atoms with E-state index in [1.165, 1.54) is 11.6 Å². The second kappa shape index (κ2) is 5.98. The summed E-state index contributed by atoms with van der Waals surface area (Å²) in [5.41, 5.74) is 2.95. The summed E-state index contributed by atoms with van der Waals surface area (Å²) >= 11 is 6.34. The van der Waals surface area contributed by atoms with Gasteiger partial charge in [-0.25, -0.2) is 14.3 Å². The zero-order valence-corrected chi connectivity index (χ0v) is 13.3. The minimum Gasteiger partial charge on any atom is -0.467 e. The lowest BCUT2D eigenvalue weighted by atomic mass is 10.1. The van der Waals surface area contributed by atoms with Crippen molar-refractivity contribution in [1.29, 1.82) is 0 Å². The fourth-order valence-electron chi connectivity index (χ4n) is 2.44. The molecule has 0 amide bonds. The summed E-state index contributed by atoms with van der Waals surface area (Å²) < 4.78 is 5.96. The normalized spacial score (nSPS) is 12.3. The summed E-state index contributed by atoms with van der Waals surface area (Å²) in [6, 6.07) is 9.65. The number of esters is 1. The van der Waals surface area contributed by atoms with Gasteiger partial charge in [0.2, 0.25) is 0 Å². The summed E-state index contributed by atoms with van der Waals surface area (Å²) in [6.07, 6.45) is 0.144. The van der Waals surface area contributed by atoms with Crippen LogP contribution < -0.4 is 0 Å². The van der Waals surface area contributed by atoms with Crippen LogP contribution in [0.5, 0.6) is 0 Å². The van der Waals surface area contributed by atoms with Crippen LogP contribution in [-0.4, -0.2) is 32.8 Å². The summed E-state index contributed by atoms with van der Waals surface area (Å²) in [5, 5.41) is 14.4. The number of aromatic nitrogens is 3. The number of benzene rings is 1. The van der Waals surface area contributed by atoms with Gasteiger partial charge in [-0.1, -0.05) is 41.9 Å². The molecule has 1 N–H and O–H groups in total. The van der Waals surface area contributed by atoms with E-state index in [0.717, 1.165) is 11.1 Å². The van der Waals surface area contributed by atoms with Gasteiger partial charge in [-0.3, -0.25) is 0 Å². The lowest BCUT2D eigenvalue weighted by molar-refractivity contribution is -0.150. The van der Waals surface area contributed by atoms with Crippen LogP contribution in [0.25, 0.3) is 16.8 Å². The number of nitrogens with zero attached hydrogens (tertiary/aromatic N) is 3. The molecule has 0 saturated heterocycles. The van der Waals surface area contributed by atoms with Gasteiger partial charge in [0.05, 0.1) is 18.9 Å². The van der Waals surface area contributed by atoms with Gasteiger partial charge in [0.15, 0.2) is 11.8 Å². The van der Waals surface area contributed by atoms with Gasteiger partial charge in [-0.2, -0.15) is 5.10 Å². The maximum Gasteiger partial charge on any atom is 0.339 e. The lowest BCUT2D eigenvalue weighted by Crippen LogP contribution is -2.17. The van der Waals surface area contributed by atoms with Crippen molar-refractivity contribution in [2.24, 2.45) is 0 Å². The van der Waals surface area contributed by atoms with E-state index in [4.69, 9.17) is 11.6 Å². The molecule has 1 atom stereocenters. The standard InChI is InChI=1S/C16H14ClN3O3/c1-9-12(13(21)16(22)23-2)14(17)20-15(19-9)11(8-18-20)10-6-4-3-5-7-10/h3-8,13,21H,1-2H3. The predicted octanol–water partition coefficient (Wildman–Crippen LogP) is 2.56. The van der Waals surface area contributed by atoms with Crippen molar-refractivity contribution >= 4 is 23.2 Å². The largest absolute Gasteiger partial charge is 0.467 e.